The van der Waals surface area contributed by atoms with E-state index in [2.05, 4.69) is 5.32 Å². The third-order valence-corrected chi connectivity index (χ3v) is 6.04. The van der Waals surface area contributed by atoms with E-state index in [-0.39, 0.29) is 5.56 Å². The third-order valence-electron chi connectivity index (χ3n) is 5.67. The van der Waals surface area contributed by atoms with Gasteiger partial charge in [-0.3, -0.25) is 0 Å². The van der Waals surface area contributed by atoms with E-state index >= 15 is 0 Å². The number of ether oxygens (including phenoxy) is 3. The molecular weight excluding hydrogens is 456 g/mol. The molecule has 0 amide bonds. The van der Waals surface area contributed by atoms with E-state index in [1.165, 1.54) is 0 Å². The van der Waals surface area contributed by atoms with E-state index in [4.69, 9.17) is 25.8 Å². The zero-order valence-electron chi connectivity index (χ0n) is 18.9. The lowest BCUT2D eigenvalue weighted by Gasteiger charge is -2.30. The molecule has 178 valence electrons. The zero-order valence-corrected chi connectivity index (χ0v) is 19.7. The molecule has 0 aromatic heterocycles. The topological polar surface area (TPSA) is 80.3 Å². The van der Waals surface area contributed by atoms with Gasteiger partial charge in [-0.1, -0.05) is 41.9 Å². The van der Waals surface area contributed by atoms with Crippen LogP contribution in [0.2, 0.25) is 5.02 Å². The molecule has 1 saturated heterocycles. The summed E-state index contributed by atoms with van der Waals surface area (Å²) in [6.07, 6.45) is 0. The normalized spacial score (nSPS) is 13.4. The van der Waals surface area contributed by atoms with Crippen molar-refractivity contribution in [3.63, 3.8) is 0 Å². The Hall–Kier alpha value is -3.42. The first kappa shape index (κ1) is 23.7. The number of nitrogens with zero attached hydrogens (tertiary/aromatic N) is 1. The van der Waals surface area contributed by atoms with Gasteiger partial charge in [0.05, 0.1) is 31.6 Å². The molecule has 0 bridgehead atoms. The molecule has 1 heterocycles. The van der Waals surface area contributed by atoms with Crippen molar-refractivity contribution in [3.8, 4) is 11.5 Å². The first-order chi connectivity index (χ1) is 16.6. The second-order valence-corrected chi connectivity index (χ2v) is 8.23. The summed E-state index contributed by atoms with van der Waals surface area (Å²) >= 11 is 6.27. The van der Waals surface area contributed by atoms with Crippen LogP contribution in [-0.4, -0.2) is 44.5 Å². The lowest BCUT2D eigenvalue weighted by Crippen LogP contribution is -2.37. The van der Waals surface area contributed by atoms with Gasteiger partial charge in [-0.15, -0.1) is 0 Å². The third kappa shape index (κ3) is 5.55. The minimum atomic E-state index is -0.963. The quantitative estimate of drug-likeness (QED) is 0.440. The average Bonchev–Trinajstić information content (AvgIpc) is 2.87. The van der Waals surface area contributed by atoms with Crippen LogP contribution in [0, 0.1) is 0 Å². The number of halogens is 1. The molecule has 0 unspecified atom stereocenters. The van der Waals surface area contributed by atoms with E-state index in [0.717, 1.165) is 11.1 Å². The Morgan fingerprint density at radius 2 is 1.85 bits per heavy atom. The van der Waals surface area contributed by atoms with Crippen LogP contribution in [0.5, 0.6) is 11.5 Å². The van der Waals surface area contributed by atoms with Crippen LogP contribution in [0.15, 0.2) is 60.7 Å². The fraction of sp³-hybridized carbons (Fsp3) is 0.269. The summed E-state index contributed by atoms with van der Waals surface area (Å²) in [5.74, 6) is 0.261. The highest BCUT2D eigenvalue weighted by Gasteiger charge is 2.19. The predicted molar refractivity (Wildman–Crippen MR) is 133 cm³/mol. The molecule has 4 rings (SSSR count). The Bertz CT molecular complexity index is 1150. The van der Waals surface area contributed by atoms with Crippen molar-refractivity contribution in [1.29, 1.82) is 0 Å². The van der Waals surface area contributed by atoms with Crippen molar-refractivity contribution in [1.82, 2.24) is 0 Å². The standard InChI is InChI=1S/C26H27ClN2O5/c1-32-24-8-4-6-18(25(24)34-17-19-5-2-3-7-22(19)27)16-28-20-9-10-23(21(15-20)26(30)31)29-11-13-33-14-12-29/h2-10,15,28H,11-14,16-17H2,1H3,(H,30,31). The SMILES string of the molecule is COc1cccc(CNc2ccc(N3CCOCC3)c(C(=O)O)c2)c1OCc1ccccc1Cl. The number of aromatic carboxylic acids is 1. The van der Waals surface area contributed by atoms with Crippen molar-refractivity contribution in [3.05, 3.63) is 82.4 Å². The van der Waals surface area contributed by atoms with Gasteiger partial charge in [-0.25, -0.2) is 4.79 Å². The molecule has 0 atom stereocenters. The molecule has 1 aliphatic heterocycles. The van der Waals surface area contributed by atoms with Gasteiger partial charge in [0.1, 0.15) is 6.61 Å². The first-order valence-corrected chi connectivity index (χ1v) is 11.4. The smallest absolute Gasteiger partial charge is 0.337 e. The van der Waals surface area contributed by atoms with Crippen molar-refractivity contribution in [2.75, 3.05) is 43.6 Å². The molecule has 0 aliphatic carbocycles. The molecule has 1 fully saturated rings. The average molecular weight is 483 g/mol. The zero-order chi connectivity index (χ0) is 23.9. The summed E-state index contributed by atoms with van der Waals surface area (Å²) < 4.78 is 17.0. The maximum Gasteiger partial charge on any atom is 0.337 e. The molecular formula is C26H27ClN2O5. The van der Waals surface area contributed by atoms with Gasteiger partial charge in [0, 0.05) is 41.5 Å². The van der Waals surface area contributed by atoms with Gasteiger partial charge >= 0.3 is 5.97 Å². The van der Waals surface area contributed by atoms with E-state index < -0.39 is 5.97 Å². The highest BCUT2D eigenvalue weighted by Crippen LogP contribution is 2.33. The first-order valence-electron chi connectivity index (χ1n) is 11.0. The van der Waals surface area contributed by atoms with E-state index in [1.807, 2.05) is 59.5 Å². The Labute approximate surface area is 203 Å². The minimum absolute atomic E-state index is 0.257. The fourth-order valence-electron chi connectivity index (χ4n) is 3.89. The van der Waals surface area contributed by atoms with Crippen LogP contribution in [0.3, 0.4) is 0 Å². The van der Waals surface area contributed by atoms with Gasteiger partial charge in [0.15, 0.2) is 11.5 Å². The van der Waals surface area contributed by atoms with Crippen molar-refractivity contribution >= 4 is 28.9 Å². The van der Waals surface area contributed by atoms with Crippen LogP contribution >= 0.6 is 11.6 Å². The molecule has 0 radical (unpaired) electrons. The van der Waals surface area contributed by atoms with Crippen LogP contribution in [-0.2, 0) is 17.9 Å². The van der Waals surface area contributed by atoms with Gasteiger partial charge < -0.3 is 29.5 Å². The second-order valence-electron chi connectivity index (χ2n) is 7.82. The Morgan fingerprint density at radius 1 is 1.09 bits per heavy atom. The molecule has 0 saturated carbocycles. The van der Waals surface area contributed by atoms with Gasteiger partial charge in [0.25, 0.3) is 0 Å². The molecule has 2 N–H and O–H groups in total. The highest BCUT2D eigenvalue weighted by atomic mass is 35.5. The van der Waals surface area contributed by atoms with Crippen molar-refractivity contribution in [2.24, 2.45) is 0 Å². The number of morpholine rings is 1. The van der Waals surface area contributed by atoms with Gasteiger partial charge in [-0.05, 0) is 30.3 Å². The number of methoxy groups -OCH3 is 1. The fourth-order valence-corrected chi connectivity index (χ4v) is 4.08. The monoisotopic (exact) mass is 482 g/mol. The highest BCUT2D eigenvalue weighted by molar-refractivity contribution is 6.31. The maximum atomic E-state index is 11.9. The number of hydrogen-bond acceptors (Lipinski definition) is 6. The number of nitrogens with one attached hydrogen (secondary N) is 1. The molecule has 3 aromatic rings. The molecule has 0 spiro atoms. The Kier molecular flexibility index (Phi) is 7.77. The number of hydrogen-bond donors (Lipinski definition) is 2. The lowest BCUT2D eigenvalue weighted by atomic mass is 10.1. The number of carbonyl (C=O) groups is 1. The van der Waals surface area contributed by atoms with Crippen LogP contribution in [0.4, 0.5) is 11.4 Å². The summed E-state index contributed by atoms with van der Waals surface area (Å²) in [6.45, 7) is 3.24. The summed E-state index contributed by atoms with van der Waals surface area (Å²) in [4.78, 5) is 14.0. The van der Waals surface area contributed by atoms with E-state index in [0.29, 0.717) is 67.4 Å². The molecule has 7 nitrogen and oxygen atoms in total. The van der Waals surface area contributed by atoms with Gasteiger partial charge in [-0.2, -0.15) is 0 Å². The van der Waals surface area contributed by atoms with Crippen molar-refractivity contribution in [2.45, 2.75) is 13.2 Å². The second kappa shape index (κ2) is 11.1. The Morgan fingerprint density at radius 3 is 2.59 bits per heavy atom. The molecule has 34 heavy (non-hydrogen) atoms. The Balaban J connectivity index is 1.52. The number of benzene rings is 3. The van der Waals surface area contributed by atoms with Crippen molar-refractivity contribution < 1.29 is 24.1 Å². The largest absolute Gasteiger partial charge is 0.493 e. The van der Waals surface area contributed by atoms with Crippen LogP contribution < -0.4 is 19.7 Å². The molecule has 3 aromatic carbocycles. The van der Waals surface area contributed by atoms with Crippen LogP contribution in [0.1, 0.15) is 21.5 Å². The molecule has 8 heteroatoms. The van der Waals surface area contributed by atoms with E-state index in [1.54, 1.807) is 13.2 Å². The maximum absolute atomic E-state index is 11.9. The van der Waals surface area contributed by atoms with Gasteiger partial charge in [0.2, 0.25) is 0 Å². The number of para-hydroxylation sites is 1. The summed E-state index contributed by atoms with van der Waals surface area (Å²) in [5.41, 5.74) is 3.41. The summed E-state index contributed by atoms with van der Waals surface area (Å²) in [6, 6.07) is 18.6. The van der Waals surface area contributed by atoms with E-state index in [9.17, 15) is 9.90 Å². The lowest BCUT2D eigenvalue weighted by molar-refractivity contribution is 0.0696. The summed E-state index contributed by atoms with van der Waals surface area (Å²) in [5, 5.41) is 13.7. The predicted octanol–water partition coefficient (Wildman–Crippen LogP) is 5.07. The summed E-state index contributed by atoms with van der Waals surface area (Å²) in [7, 11) is 1.60. The number of anilines is 2. The number of rotatable bonds is 9. The number of carboxylic acids is 1. The molecule has 1 aliphatic rings. The minimum Gasteiger partial charge on any atom is -0.493 e. The number of carboxylic acid groups (broad SMARTS) is 1. The van der Waals surface area contributed by atoms with Crippen LogP contribution in [0.25, 0.3) is 0 Å².